The van der Waals surface area contributed by atoms with Crippen LogP contribution in [0.15, 0.2) is 89.9 Å². The molecule has 0 bridgehead atoms. The molecule has 0 radical (unpaired) electrons. The molecule has 0 spiro atoms. The molecule has 0 saturated carbocycles. The molecule has 3 nitrogen and oxygen atoms in total. The first-order valence-electron chi connectivity index (χ1n) is 9.06. The zero-order valence-corrected chi connectivity index (χ0v) is 15.7. The number of hydrogen-bond donors (Lipinski definition) is 2. The van der Waals surface area contributed by atoms with Crippen molar-refractivity contribution in [1.82, 2.24) is 0 Å². The maximum atomic E-state index is 10.8. The minimum Gasteiger partial charge on any atom is -0.386 e. The van der Waals surface area contributed by atoms with Gasteiger partial charge in [0.2, 0.25) is 0 Å². The smallest absolute Gasteiger partial charge is 0.155 e. The Hall–Kier alpha value is -2.56. The molecule has 0 aromatic heterocycles. The van der Waals surface area contributed by atoms with Crippen molar-refractivity contribution in [3.8, 4) is 0 Å². The van der Waals surface area contributed by atoms with E-state index in [1.54, 1.807) is 0 Å². The van der Waals surface area contributed by atoms with Crippen molar-refractivity contribution in [2.45, 2.75) is 23.8 Å². The standard InChI is InChI=1S/C23H22N2OS/c24-23-25-20(21(26)18-9-5-2-6-10-18)22(27-23)19-13-11-17(12-14-19)15-16-7-3-1-4-8-16/h1-14,20-22,26H,15H2,(H2,24,25)/t20-,21-,22-/m1/s1. The Morgan fingerprint density at radius 3 is 2.11 bits per heavy atom. The molecule has 136 valence electrons. The van der Waals surface area contributed by atoms with Crippen molar-refractivity contribution in [1.29, 1.82) is 0 Å². The summed E-state index contributed by atoms with van der Waals surface area (Å²) in [5, 5.41) is 11.4. The maximum absolute atomic E-state index is 10.8. The molecule has 0 unspecified atom stereocenters. The second-order valence-electron chi connectivity index (χ2n) is 6.76. The van der Waals surface area contributed by atoms with E-state index in [2.05, 4.69) is 53.5 Å². The van der Waals surface area contributed by atoms with Crippen LogP contribution < -0.4 is 5.73 Å². The number of thioether (sulfide) groups is 1. The lowest BCUT2D eigenvalue weighted by Crippen LogP contribution is -2.20. The quantitative estimate of drug-likeness (QED) is 0.692. The highest BCUT2D eigenvalue weighted by Gasteiger charge is 2.36. The molecule has 0 fully saturated rings. The minimum atomic E-state index is -0.672. The van der Waals surface area contributed by atoms with Gasteiger partial charge in [0.15, 0.2) is 5.17 Å². The summed E-state index contributed by atoms with van der Waals surface area (Å²) >= 11 is 1.53. The average molecular weight is 375 g/mol. The number of benzene rings is 3. The van der Waals surface area contributed by atoms with E-state index >= 15 is 0 Å². The third-order valence-electron chi connectivity index (χ3n) is 4.86. The van der Waals surface area contributed by atoms with Gasteiger partial charge in [-0.15, -0.1) is 0 Å². The normalized spacial score (nSPS) is 20.3. The van der Waals surface area contributed by atoms with Gasteiger partial charge >= 0.3 is 0 Å². The number of rotatable bonds is 5. The third kappa shape index (κ3) is 4.07. The van der Waals surface area contributed by atoms with Crippen LogP contribution in [0.5, 0.6) is 0 Å². The molecule has 3 aromatic carbocycles. The van der Waals surface area contributed by atoms with Crippen LogP contribution in [-0.2, 0) is 6.42 Å². The third-order valence-corrected chi connectivity index (χ3v) is 6.01. The summed E-state index contributed by atoms with van der Waals surface area (Å²) in [6.07, 6.45) is 0.238. The number of amidine groups is 1. The number of aliphatic imine (C=N–C) groups is 1. The highest BCUT2D eigenvalue weighted by atomic mass is 32.2. The zero-order chi connectivity index (χ0) is 18.6. The van der Waals surface area contributed by atoms with Crippen LogP contribution in [0.2, 0.25) is 0 Å². The summed E-state index contributed by atoms with van der Waals surface area (Å²) in [4.78, 5) is 4.52. The lowest BCUT2D eigenvalue weighted by Gasteiger charge is -2.23. The zero-order valence-electron chi connectivity index (χ0n) is 14.9. The van der Waals surface area contributed by atoms with Crippen molar-refractivity contribution in [2.75, 3.05) is 0 Å². The first-order valence-corrected chi connectivity index (χ1v) is 9.94. The molecule has 3 atom stereocenters. The van der Waals surface area contributed by atoms with Gasteiger partial charge in [-0.25, -0.2) is 0 Å². The average Bonchev–Trinajstić information content (AvgIpc) is 3.11. The maximum Gasteiger partial charge on any atom is 0.155 e. The van der Waals surface area contributed by atoms with E-state index < -0.39 is 6.10 Å². The summed E-state index contributed by atoms with van der Waals surface area (Å²) in [5.41, 5.74) is 10.6. The SMILES string of the molecule is NC1=N[C@H]([C@H](O)c2ccccc2)[C@@H](c2ccc(Cc3ccccc3)cc2)S1. The van der Waals surface area contributed by atoms with Crippen molar-refractivity contribution in [2.24, 2.45) is 10.7 Å². The van der Waals surface area contributed by atoms with Crippen LogP contribution in [0.3, 0.4) is 0 Å². The first kappa shape index (κ1) is 17.8. The lowest BCUT2D eigenvalue weighted by atomic mass is 9.95. The van der Waals surface area contributed by atoms with Crippen LogP contribution in [-0.4, -0.2) is 16.3 Å². The van der Waals surface area contributed by atoms with Gasteiger partial charge in [0.1, 0.15) is 6.10 Å². The van der Waals surface area contributed by atoms with E-state index in [4.69, 9.17) is 5.73 Å². The highest BCUT2D eigenvalue weighted by Crippen LogP contribution is 2.44. The second kappa shape index (κ2) is 7.99. The Labute approximate surface area is 164 Å². The van der Waals surface area contributed by atoms with E-state index in [0.29, 0.717) is 5.17 Å². The number of nitrogens with two attached hydrogens (primary N) is 1. The molecule has 0 saturated heterocycles. The van der Waals surface area contributed by atoms with Crippen LogP contribution in [0.1, 0.15) is 33.6 Å². The van der Waals surface area contributed by atoms with Crippen LogP contribution in [0.25, 0.3) is 0 Å². The Morgan fingerprint density at radius 2 is 1.44 bits per heavy atom. The molecule has 4 rings (SSSR count). The summed E-state index contributed by atoms with van der Waals surface area (Å²) in [6.45, 7) is 0. The fraction of sp³-hybridized carbons (Fsp3) is 0.174. The predicted molar refractivity (Wildman–Crippen MR) is 113 cm³/mol. The number of nitrogens with zero attached hydrogens (tertiary/aromatic N) is 1. The fourth-order valence-electron chi connectivity index (χ4n) is 3.45. The molecule has 27 heavy (non-hydrogen) atoms. The number of hydrogen-bond acceptors (Lipinski definition) is 4. The van der Waals surface area contributed by atoms with Gasteiger partial charge in [-0.1, -0.05) is 96.7 Å². The highest BCUT2D eigenvalue weighted by molar-refractivity contribution is 8.14. The summed E-state index contributed by atoms with van der Waals surface area (Å²) < 4.78 is 0. The fourth-order valence-corrected chi connectivity index (χ4v) is 4.54. The van der Waals surface area contributed by atoms with Gasteiger partial charge < -0.3 is 10.8 Å². The van der Waals surface area contributed by atoms with E-state index in [0.717, 1.165) is 17.5 Å². The molecular formula is C23H22N2OS. The van der Waals surface area contributed by atoms with Crippen LogP contribution >= 0.6 is 11.8 Å². The molecule has 3 aromatic rings. The topological polar surface area (TPSA) is 58.6 Å². The molecule has 1 aliphatic rings. The molecule has 3 N–H and O–H groups in total. The minimum absolute atomic E-state index is 0.0194. The van der Waals surface area contributed by atoms with E-state index in [1.807, 2.05) is 36.4 Å². The van der Waals surface area contributed by atoms with Crippen LogP contribution in [0, 0.1) is 0 Å². The van der Waals surface area contributed by atoms with Gasteiger partial charge in [-0.2, -0.15) is 0 Å². The molecule has 4 heteroatoms. The second-order valence-corrected chi connectivity index (χ2v) is 7.92. The first-order chi connectivity index (χ1) is 13.2. The molecule has 1 heterocycles. The van der Waals surface area contributed by atoms with Gasteiger partial charge in [0.25, 0.3) is 0 Å². The summed E-state index contributed by atoms with van der Waals surface area (Å²) in [5.74, 6) is 0. The molecule has 1 aliphatic heterocycles. The number of aliphatic hydroxyl groups is 1. The largest absolute Gasteiger partial charge is 0.386 e. The van der Waals surface area contributed by atoms with Crippen molar-refractivity contribution in [3.05, 3.63) is 107 Å². The Bertz CT molecular complexity index is 910. The van der Waals surface area contributed by atoms with E-state index in [1.165, 1.54) is 22.9 Å². The van der Waals surface area contributed by atoms with Gasteiger partial charge in [0, 0.05) is 0 Å². The Morgan fingerprint density at radius 1 is 0.852 bits per heavy atom. The summed E-state index contributed by atoms with van der Waals surface area (Å²) in [7, 11) is 0. The van der Waals surface area contributed by atoms with Gasteiger partial charge in [-0.3, -0.25) is 4.99 Å². The van der Waals surface area contributed by atoms with Gasteiger partial charge in [-0.05, 0) is 28.7 Å². The van der Waals surface area contributed by atoms with Crippen molar-refractivity contribution in [3.63, 3.8) is 0 Å². The van der Waals surface area contributed by atoms with Gasteiger partial charge in [0.05, 0.1) is 11.3 Å². The summed E-state index contributed by atoms with van der Waals surface area (Å²) in [6, 6.07) is 28.4. The van der Waals surface area contributed by atoms with E-state index in [9.17, 15) is 5.11 Å². The van der Waals surface area contributed by atoms with E-state index in [-0.39, 0.29) is 11.3 Å². The molecular weight excluding hydrogens is 352 g/mol. The Balaban J connectivity index is 1.53. The predicted octanol–water partition coefficient (Wildman–Crippen LogP) is 4.48. The molecule has 0 amide bonds. The van der Waals surface area contributed by atoms with Crippen LogP contribution in [0.4, 0.5) is 0 Å². The monoisotopic (exact) mass is 374 g/mol. The molecule has 0 aliphatic carbocycles. The van der Waals surface area contributed by atoms with Crippen molar-refractivity contribution < 1.29 is 5.11 Å². The number of aliphatic hydroxyl groups excluding tert-OH is 1. The Kier molecular flexibility index (Phi) is 5.28. The van der Waals surface area contributed by atoms with Crippen molar-refractivity contribution >= 4 is 16.9 Å². The lowest BCUT2D eigenvalue weighted by molar-refractivity contribution is 0.147.